The summed E-state index contributed by atoms with van der Waals surface area (Å²) in [5.41, 5.74) is 0.399. The molecule has 0 bridgehead atoms. The monoisotopic (exact) mass is 155 g/mol. The predicted octanol–water partition coefficient (Wildman–Crippen LogP) is 1.17. The largest absolute Gasteiger partial charge is 0.381 e. The van der Waals surface area contributed by atoms with Gasteiger partial charge in [0, 0.05) is 18.1 Å². The molecule has 0 saturated carbocycles. The molecule has 2 atom stereocenters. The van der Waals surface area contributed by atoms with E-state index in [-0.39, 0.29) is 0 Å². The summed E-state index contributed by atoms with van der Waals surface area (Å²) in [6, 6.07) is 0. The van der Waals surface area contributed by atoms with Gasteiger partial charge in [-0.1, -0.05) is 0 Å². The van der Waals surface area contributed by atoms with E-state index in [9.17, 15) is 0 Å². The molecule has 2 nitrogen and oxygen atoms in total. The normalized spacial score (nSPS) is 45.0. The molecule has 2 heterocycles. The van der Waals surface area contributed by atoms with E-state index in [2.05, 4.69) is 12.2 Å². The third-order valence-electron chi connectivity index (χ3n) is 3.23. The SMILES string of the molecule is CC1(C2CCOC2)CCCN1. The lowest BCUT2D eigenvalue weighted by Gasteiger charge is -2.30. The molecule has 0 aromatic carbocycles. The fourth-order valence-corrected chi connectivity index (χ4v) is 2.30. The Hall–Kier alpha value is -0.0800. The van der Waals surface area contributed by atoms with Crippen LogP contribution >= 0.6 is 0 Å². The summed E-state index contributed by atoms with van der Waals surface area (Å²) in [6.45, 7) is 5.50. The molecular formula is C9H17NO. The van der Waals surface area contributed by atoms with Crippen molar-refractivity contribution >= 4 is 0 Å². The van der Waals surface area contributed by atoms with E-state index in [1.54, 1.807) is 0 Å². The summed E-state index contributed by atoms with van der Waals surface area (Å²) in [5.74, 6) is 0.769. The number of ether oxygens (including phenoxy) is 1. The summed E-state index contributed by atoms with van der Waals surface area (Å²) in [5, 5.41) is 3.59. The first-order chi connectivity index (χ1) is 5.31. The second-order valence-corrected chi connectivity index (χ2v) is 4.01. The molecule has 2 aliphatic heterocycles. The van der Waals surface area contributed by atoms with Crippen molar-refractivity contribution in [3.05, 3.63) is 0 Å². The molecule has 0 amide bonds. The smallest absolute Gasteiger partial charge is 0.0512 e. The van der Waals surface area contributed by atoms with Crippen LogP contribution in [0.3, 0.4) is 0 Å². The third-order valence-corrected chi connectivity index (χ3v) is 3.23. The van der Waals surface area contributed by atoms with Crippen LogP contribution in [0.1, 0.15) is 26.2 Å². The third kappa shape index (κ3) is 1.30. The van der Waals surface area contributed by atoms with Gasteiger partial charge < -0.3 is 10.1 Å². The average molecular weight is 155 g/mol. The van der Waals surface area contributed by atoms with Crippen LogP contribution in [-0.2, 0) is 4.74 Å². The van der Waals surface area contributed by atoms with Crippen LogP contribution in [0.2, 0.25) is 0 Å². The van der Waals surface area contributed by atoms with Gasteiger partial charge in [0.15, 0.2) is 0 Å². The molecule has 64 valence electrons. The zero-order valence-corrected chi connectivity index (χ0v) is 7.23. The summed E-state index contributed by atoms with van der Waals surface area (Å²) < 4.78 is 5.39. The maximum Gasteiger partial charge on any atom is 0.0512 e. The molecule has 0 radical (unpaired) electrons. The van der Waals surface area contributed by atoms with Crippen LogP contribution in [0.4, 0.5) is 0 Å². The molecule has 0 aromatic rings. The van der Waals surface area contributed by atoms with E-state index in [0.29, 0.717) is 5.54 Å². The highest BCUT2D eigenvalue weighted by atomic mass is 16.5. The fourth-order valence-electron chi connectivity index (χ4n) is 2.30. The number of hydrogen-bond donors (Lipinski definition) is 1. The van der Waals surface area contributed by atoms with Crippen LogP contribution in [0.15, 0.2) is 0 Å². The van der Waals surface area contributed by atoms with Crippen molar-refractivity contribution in [1.29, 1.82) is 0 Å². The van der Waals surface area contributed by atoms with E-state index in [1.807, 2.05) is 0 Å². The van der Waals surface area contributed by atoms with Gasteiger partial charge in [0.1, 0.15) is 0 Å². The molecule has 2 aliphatic rings. The van der Waals surface area contributed by atoms with Gasteiger partial charge >= 0.3 is 0 Å². The van der Waals surface area contributed by atoms with Gasteiger partial charge in [0.25, 0.3) is 0 Å². The topological polar surface area (TPSA) is 21.3 Å². The van der Waals surface area contributed by atoms with Crippen molar-refractivity contribution in [3.63, 3.8) is 0 Å². The first kappa shape index (κ1) is 7.56. The van der Waals surface area contributed by atoms with Gasteiger partial charge in [0.2, 0.25) is 0 Å². The van der Waals surface area contributed by atoms with Crippen LogP contribution in [0, 0.1) is 5.92 Å². The first-order valence-electron chi connectivity index (χ1n) is 4.64. The van der Waals surface area contributed by atoms with Gasteiger partial charge in [-0.3, -0.25) is 0 Å². The van der Waals surface area contributed by atoms with E-state index < -0.39 is 0 Å². The lowest BCUT2D eigenvalue weighted by Crippen LogP contribution is -2.44. The van der Waals surface area contributed by atoms with Gasteiger partial charge in [-0.25, -0.2) is 0 Å². The van der Waals surface area contributed by atoms with Gasteiger partial charge in [-0.2, -0.15) is 0 Å². The Labute approximate surface area is 68.3 Å². The van der Waals surface area contributed by atoms with Crippen molar-refractivity contribution in [2.75, 3.05) is 19.8 Å². The maximum absolute atomic E-state index is 5.39. The number of hydrogen-bond acceptors (Lipinski definition) is 2. The van der Waals surface area contributed by atoms with Crippen molar-refractivity contribution in [3.8, 4) is 0 Å². The molecule has 2 heteroatoms. The Morgan fingerprint density at radius 3 is 3.00 bits per heavy atom. The van der Waals surface area contributed by atoms with Crippen LogP contribution in [0.25, 0.3) is 0 Å². The predicted molar refractivity (Wildman–Crippen MR) is 44.6 cm³/mol. The summed E-state index contributed by atoms with van der Waals surface area (Å²) >= 11 is 0. The summed E-state index contributed by atoms with van der Waals surface area (Å²) in [4.78, 5) is 0. The van der Waals surface area contributed by atoms with E-state index >= 15 is 0 Å². The molecular weight excluding hydrogens is 138 g/mol. The Morgan fingerprint density at radius 1 is 1.55 bits per heavy atom. The molecule has 2 saturated heterocycles. The Morgan fingerprint density at radius 2 is 2.45 bits per heavy atom. The second kappa shape index (κ2) is 2.76. The lowest BCUT2D eigenvalue weighted by molar-refractivity contribution is 0.160. The Kier molecular flexibility index (Phi) is 1.90. The Balaban J connectivity index is 2.00. The standard InChI is InChI=1S/C9H17NO/c1-9(4-2-5-10-9)8-3-6-11-7-8/h8,10H,2-7H2,1H3. The van der Waals surface area contributed by atoms with Gasteiger partial charge in [0.05, 0.1) is 6.61 Å². The van der Waals surface area contributed by atoms with Crippen molar-refractivity contribution in [1.82, 2.24) is 5.32 Å². The van der Waals surface area contributed by atoms with Crippen molar-refractivity contribution in [2.45, 2.75) is 31.7 Å². The Bertz CT molecular complexity index is 134. The minimum atomic E-state index is 0.399. The maximum atomic E-state index is 5.39. The highest BCUT2D eigenvalue weighted by molar-refractivity contribution is 4.95. The first-order valence-corrected chi connectivity index (χ1v) is 4.64. The second-order valence-electron chi connectivity index (χ2n) is 4.01. The van der Waals surface area contributed by atoms with Crippen LogP contribution in [0.5, 0.6) is 0 Å². The average Bonchev–Trinajstić information content (AvgIpc) is 2.55. The molecule has 0 spiro atoms. The highest BCUT2D eigenvalue weighted by Gasteiger charge is 2.38. The molecule has 2 unspecified atom stereocenters. The van der Waals surface area contributed by atoms with Gasteiger partial charge in [-0.15, -0.1) is 0 Å². The molecule has 2 fully saturated rings. The van der Waals surface area contributed by atoms with Crippen molar-refractivity contribution < 1.29 is 4.74 Å². The minimum Gasteiger partial charge on any atom is -0.381 e. The number of nitrogens with one attached hydrogen (secondary N) is 1. The summed E-state index contributed by atoms with van der Waals surface area (Å²) in [7, 11) is 0. The molecule has 1 N–H and O–H groups in total. The number of rotatable bonds is 1. The zero-order valence-electron chi connectivity index (χ0n) is 7.23. The molecule has 2 rings (SSSR count). The van der Waals surface area contributed by atoms with E-state index in [4.69, 9.17) is 4.74 Å². The molecule has 0 aromatic heterocycles. The minimum absolute atomic E-state index is 0.399. The van der Waals surface area contributed by atoms with E-state index in [1.165, 1.54) is 25.8 Å². The van der Waals surface area contributed by atoms with Crippen LogP contribution < -0.4 is 5.32 Å². The quantitative estimate of drug-likeness (QED) is 0.613. The fraction of sp³-hybridized carbons (Fsp3) is 1.00. The van der Waals surface area contributed by atoms with Crippen molar-refractivity contribution in [2.24, 2.45) is 5.92 Å². The summed E-state index contributed by atoms with van der Waals surface area (Å²) in [6.07, 6.45) is 3.93. The van der Waals surface area contributed by atoms with Crippen LogP contribution in [-0.4, -0.2) is 25.3 Å². The molecule has 0 aliphatic carbocycles. The molecule has 11 heavy (non-hydrogen) atoms. The highest BCUT2D eigenvalue weighted by Crippen LogP contribution is 2.32. The lowest BCUT2D eigenvalue weighted by atomic mass is 9.84. The van der Waals surface area contributed by atoms with Gasteiger partial charge in [-0.05, 0) is 32.7 Å². The van der Waals surface area contributed by atoms with E-state index in [0.717, 1.165) is 19.1 Å². The zero-order chi connectivity index (χ0) is 7.73.